The fourth-order valence-electron chi connectivity index (χ4n) is 3.58. The molecule has 0 aromatic carbocycles. The Labute approximate surface area is 160 Å². The number of hydrogen-bond acceptors (Lipinski definition) is 4. The van der Waals surface area contributed by atoms with Crippen molar-refractivity contribution in [1.29, 1.82) is 0 Å². The van der Waals surface area contributed by atoms with E-state index in [2.05, 4.69) is 27.7 Å². The van der Waals surface area contributed by atoms with Gasteiger partial charge in [0.25, 0.3) is 0 Å². The van der Waals surface area contributed by atoms with Crippen molar-refractivity contribution in [2.75, 3.05) is 6.61 Å². The zero-order valence-corrected chi connectivity index (χ0v) is 17.4. The topological polar surface area (TPSA) is 52.6 Å². The molecule has 152 valence electrons. The van der Waals surface area contributed by atoms with Gasteiger partial charge in [-0.25, -0.2) is 0 Å². The van der Waals surface area contributed by atoms with Gasteiger partial charge >= 0.3 is 11.9 Å². The van der Waals surface area contributed by atoms with Gasteiger partial charge in [0.1, 0.15) is 6.10 Å². The van der Waals surface area contributed by atoms with Crippen molar-refractivity contribution in [3.63, 3.8) is 0 Å². The number of carbonyl (C=O) groups excluding carboxylic acids is 2. The maximum absolute atomic E-state index is 12.4. The summed E-state index contributed by atoms with van der Waals surface area (Å²) in [5.74, 6) is 0.428. The number of carbonyl (C=O) groups is 2. The van der Waals surface area contributed by atoms with Crippen LogP contribution < -0.4 is 0 Å². The van der Waals surface area contributed by atoms with Crippen LogP contribution in [0.25, 0.3) is 0 Å². The Morgan fingerprint density at radius 3 is 2.04 bits per heavy atom. The second kappa shape index (κ2) is 13.2. The first-order valence-electron chi connectivity index (χ1n) is 10.8. The highest BCUT2D eigenvalue weighted by Crippen LogP contribution is 2.31. The van der Waals surface area contributed by atoms with Gasteiger partial charge < -0.3 is 9.47 Å². The lowest BCUT2D eigenvalue weighted by Crippen LogP contribution is -2.30. The Bertz CT molecular complexity index is 397. The average molecular weight is 369 g/mol. The van der Waals surface area contributed by atoms with E-state index in [0.717, 1.165) is 57.8 Å². The maximum atomic E-state index is 12.4. The van der Waals surface area contributed by atoms with Gasteiger partial charge in [-0.05, 0) is 63.7 Å². The lowest BCUT2D eigenvalue weighted by molar-refractivity contribution is -0.159. The first kappa shape index (κ1) is 23.0. The van der Waals surface area contributed by atoms with Gasteiger partial charge in [0.15, 0.2) is 0 Å². The van der Waals surface area contributed by atoms with Gasteiger partial charge in [0, 0.05) is 0 Å². The molecular formula is C22H40O4. The van der Waals surface area contributed by atoms with E-state index in [1.54, 1.807) is 0 Å². The Hall–Kier alpha value is -1.06. The van der Waals surface area contributed by atoms with Crippen molar-refractivity contribution in [1.82, 2.24) is 0 Å². The molecule has 1 fully saturated rings. The predicted molar refractivity (Wildman–Crippen MR) is 105 cm³/mol. The summed E-state index contributed by atoms with van der Waals surface area (Å²) in [6, 6.07) is 0. The highest BCUT2D eigenvalue weighted by Gasteiger charge is 2.32. The number of unbranched alkanes of at least 4 members (excludes halogenated alkanes) is 2. The zero-order chi connectivity index (χ0) is 19.4. The fourth-order valence-corrected chi connectivity index (χ4v) is 3.58. The molecular weight excluding hydrogens is 328 g/mol. The van der Waals surface area contributed by atoms with Crippen LogP contribution in [0.2, 0.25) is 0 Å². The fraction of sp³-hybridized carbons (Fsp3) is 0.909. The summed E-state index contributed by atoms with van der Waals surface area (Å²) in [4.78, 5) is 24.6. The molecule has 0 heterocycles. The molecule has 1 atom stereocenters. The molecule has 4 nitrogen and oxygen atoms in total. The summed E-state index contributed by atoms with van der Waals surface area (Å²) in [6.07, 6.45) is 10.4. The predicted octanol–water partition coefficient (Wildman–Crippen LogP) is 5.67. The summed E-state index contributed by atoms with van der Waals surface area (Å²) in [5.41, 5.74) is 0. The van der Waals surface area contributed by atoms with Crippen LogP contribution in [-0.2, 0) is 19.1 Å². The van der Waals surface area contributed by atoms with E-state index in [1.165, 1.54) is 12.8 Å². The second-order valence-corrected chi connectivity index (χ2v) is 8.22. The molecule has 0 amide bonds. The quantitative estimate of drug-likeness (QED) is 0.329. The van der Waals surface area contributed by atoms with Crippen LogP contribution in [0.5, 0.6) is 0 Å². The van der Waals surface area contributed by atoms with Gasteiger partial charge in [0.05, 0.1) is 18.4 Å². The smallest absolute Gasteiger partial charge is 0.309 e. The van der Waals surface area contributed by atoms with Gasteiger partial charge in [-0.1, -0.05) is 40.5 Å². The minimum Gasteiger partial charge on any atom is -0.465 e. The van der Waals surface area contributed by atoms with Crippen LogP contribution >= 0.6 is 0 Å². The van der Waals surface area contributed by atoms with Crippen LogP contribution in [0.1, 0.15) is 98.3 Å². The molecule has 26 heavy (non-hydrogen) atoms. The lowest BCUT2D eigenvalue weighted by atomic mass is 9.82. The summed E-state index contributed by atoms with van der Waals surface area (Å²) < 4.78 is 11.1. The van der Waals surface area contributed by atoms with E-state index < -0.39 is 0 Å². The molecule has 1 aliphatic rings. The van der Waals surface area contributed by atoms with E-state index in [0.29, 0.717) is 12.5 Å². The lowest BCUT2D eigenvalue weighted by Gasteiger charge is -2.27. The van der Waals surface area contributed by atoms with Crippen LogP contribution in [0.4, 0.5) is 0 Å². The van der Waals surface area contributed by atoms with E-state index in [9.17, 15) is 9.59 Å². The molecule has 0 bridgehead atoms. The average Bonchev–Trinajstić information content (AvgIpc) is 2.64. The van der Waals surface area contributed by atoms with Crippen LogP contribution in [0, 0.1) is 17.8 Å². The molecule has 1 rings (SSSR count). The van der Waals surface area contributed by atoms with Crippen molar-refractivity contribution < 1.29 is 19.1 Å². The first-order chi connectivity index (χ1) is 12.5. The van der Waals surface area contributed by atoms with Gasteiger partial charge in [-0.2, -0.15) is 0 Å². The Morgan fingerprint density at radius 1 is 0.885 bits per heavy atom. The molecule has 1 saturated carbocycles. The molecule has 0 N–H and O–H groups in total. The Balaban J connectivity index is 2.26. The summed E-state index contributed by atoms with van der Waals surface area (Å²) >= 11 is 0. The minimum atomic E-state index is -0.0772. The highest BCUT2D eigenvalue weighted by atomic mass is 16.5. The number of ether oxygens (including phenoxy) is 2. The Kier molecular flexibility index (Phi) is 11.6. The maximum Gasteiger partial charge on any atom is 0.309 e. The van der Waals surface area contributed by atoms with Gasteiger partial charge in [-0.15, -0.1) is 0 Å². The molecule has 1 aliphatic carbocycles. The van der Waals surface area contributed by atoms with Crippen molar-refractivity contribution in [3.8, 4) is 0 Å². The molecule has 0 aliphatic heterocycles. The van der Waals surface area contributed by atoms with Crippen molar-refractivity contribution in [2.45, 2.75) is 104 Å². The van der Waals surface area contributed by atoms with E-state index >= 15 is 0 Å². The third kappa shape index (κ3) is 9.05. The standard InChI is InChI=1S/C22H40O4/c1-5-7-8-11-20(6-2)26-22(24)19-14-12-18(13-15-19)21(23)25-16-9-10-17(3)4/h17-20H,5-16H2,1-4H3. The monoisotopic (exact) mass is 368 g/mol. The van der Waals surface area contributed by atoms with Crippen LogP contribution in [-0.4, -0.2) is 24.6 Å². The van der Waals surface area contributed by atoms with E-state index in [-0.39, 0.29) is 29.9 Å². The highest BCUT2D eigenvalue weighted by molar-refractivity contribution is 5.75. The third-order valence-corrected chi connectivity index (χ3v) is 5.43. The first-order valence-corrected chi connectivity index (χ1v) is 10.8. The van der Waals surface area contributed by atoms with Crippen LogP contribution in [0.15, 0.2) is 0 Å². The molecule has 0 saturated heterocycles. The Morgan fingerprint density at radius 2 is 1.50 bits per heavy atom. The molecule has 0 aromatic heterocycles. The molecule has 1 unspecified atom stereocenters. The zero-order valence-electron chi connectivity index (χ0n) is 17.4. The van der Waals surface area contributed by atoms with Crippen molar-refractivity contribution in [3.05, 3.63) is 0 Å². The SMILES string of the molecule is CCCCCC(CC)OC(=O)C1CCC(C(=O)OCCCC(C)C)CC1. The minimum absolute atomic E-state index is 0.0374. The van der Waals surface area contributed by atoms with E-state index in [1.807, 2.05) is 0 Å². The summed E-state index contributed by atoms with van der Waals surface area (Å²) in [7, 11) is 0. The summed E-state index contributed by atoms with van der Waals surface area (Å²) in [5, 5.41) is 0. The molecule has 4 heteroatoms. The molecule has 0 radical (unpaired) electrons. The molecule has 0 spiro atoms. The molecule has 0 aromatic rings. The largest absolute Gasteiger partial charge is 0.465 e. The third-order valence-electron chi connectivity index (χ3n) is 5.43. The second-order valence-electron chi connectivity index (χ2n) is 8.22. The normalized spacial score (nSPS) is 21.4. The number of esters is 2. The van der Waals surface area contributed by atoms with Crippen molar-refractivity contribution >= 4 is 11.9 Å². The summed E-state index contributed by atoms with van der Waals surface area (Å²) in [6.45, 7) is 9.13. The van der Waals surface area contributed by atoms with E-state index in [4.69, 9.17) is 9.47 Å². The van der Waals surface area contributed by atoms with Crippen LogP contribution in [0.3, 0.4) is 0 Å². The number of rotatable bonds is 12. The van der Waals surface area contributed by atoms with Gasteiger partial charge in [-0.3, -0.25) is 9.59 Å². The van der Waals surface area contributed by atoms with Crippen molar-refractivity contribution in [2.24, 2.45) is 17.8 Å². The van der Waals surface area contributed by atoms with Gasteiger partial charge in [0.2, 0.25) is 0 Å². The number of hydrogen-bond donors (Lipinski definition) is 0.